The molecule has 0 saturated heterocycles. The topological polar surface area (TPSA) is 58.6 Å². The van der Waals surface area contributed by atoms with Crippen LogP contribution >= 0.6 is 0 Å². The van der Waals surface area contributed by atoms with Crippen LogP contribution in [0.25, 0.3) is 0 Å². The lowest BCUT2D eigenvalue weighted by molar-refractivity contribution is -0.167. The fourth-order valence-electron chi connectivity index (χ4n) is 2.65. The van der Waals surface area contributed by atoms with Crippen molar-refractivity contribution in [3.8, 4) is 5.75 Å². The third-order valence-corrected chi connectivity index (χ3v) is 3.97. The molecule has 1 atom stereocenters. The van der Waals surface area contributed by atoms with Gasteiger partial charge in [0, 0.05) is 11.3 Å². The van der Waals surface area contributed by atoms with Gasteiger partial charge >= 0.3 is 12.1 Å². The number of fused-ring (bicyclic) bond motifs is 1. The van der Waals surface area contributed by atoms with E-state index in [2.05, 4.69) is 0 Å². The Bertz CT molecular complexity index is 898. The highest BCUT2D eigenvalue weighted by Gasteiger charge is 2.39. The molecule has 0 aromatic heterocycles. The highest BCUT2D eigenvalue weighted by Crippen LogP contribution is 2.37. The number of nitrogens with zero attached hydrogens (tertiary/aromatic N) is 1. The second-order valence-corrected chi connectivity index (χ2v) is 5.91. The van der Waals surface area contributed by atoms with Crippen LogP contribution in [0.2, 0.25) is 0 Å². The van der Waals surface area contributed by atoms with Gasteiger partial charge in [0.05, 0.1) is 12.2 Å². The van der Waals surface area contributed by atoms with Gasteiger partial charge in [-0.15, -0.1) is 0 Å². The standard InChI is InChI=1S/C18H14F4N2O3/c1-10-16(25)24(9-11-4-2-3-5-13(11)19)14-8-12(6-7-15(14)27-10)23-17(26)18(20,21)22/h2-8,10H,9H2,1H3,(H,23,26). The molecule has 0 aliphatic carbocycles. The maximum Gasteiger partial charge on any atom is 0.471 e. The van der Waals surface area contributed by atoms with Crippen molar-refractivity contribution in [2.75, 3.05) is 10.2 Å². The lowest BCUT2D eigenvalue weighted by Crippen LogP contribution is -2.44. The number of nitrogens with one attached hydrogen (secondary N) is 1. The number of ether oxygens (including phenoxy) is 1. The van der Waals surface area contributed by atoms with E-state index >= 15 is 0 Å². The monoisotopic (exact) mass is 382 g/mol. The van der Waals surface area contributed by atoms with Crippen LogP contribution in [0.4, 0.5) is 28.9 Å². The summed E-state index contributed by atoms with van der Waals surface area (Å²) in [6, 6.07) is 9.60. The fourth-order valence-corrected chi connectivity index (χ4v) is 2.65. The van der Waals surface area contributed by atoms with Crippen LogP contribution in [0.1, 0.15) is 12.5 Å². The lowest BCUT2D eigenvalue weighted by Gasteiger charge is -2.33. The van der Waals surface area contributed by atoms with Gasteiger partial charge in [-0.25, -0.2) is 4.39 Å². The Labute approximate surface area is 151 Å². The van der Waals surface area contributed by atoms with Gasteiger partial charge in [0.25, 0.3) is 5.91 Å². The van der Waals surface area contributed by atoms with E-state index in [9.17, 15) is 27.2 Å². The Balaban J connectivity index is 1.96. The highest BCUT2D eigenvalue weighted by atomic mass is 19.4. The lowest BCUT2D eigenvalue weighted by atomic mass is 10.1. The quantitative estimate of drug-likeness (QED) is 0.825. The summed E-state index contributed by atoms with van der Waals surface area (Å²) in [5, 5.41) is 1.72. The first-order chi connectivity index (χ1) is 12.7. The Kier molecular flexibility index (Phi) is 4.77. The molecule has 0 spiro atoms. The van der Waals surface area contributed by atoms with Gasteiger partial charge in [-0.2, -0.15) is 13.2 Å². The van der Waals surface area contributed by atoms with Crippen molar-refractivity contribution >= 4 is 23.2 Å². The first-order valence-electron chi connectivity index (χ1n) is 7.90. The average Bonchev–Trinajstić information content (AvgIpc) is 2.60. The number of carbonyl (C=O) groups is 2. The molecule has 27 heavy (non-hydrogen) atoms. The summed E-state index contributed by atoms with van der Waals surface area (Å²) in [5.74, 6) is -2.90. The minimum absolute atomic E-state index is 0.136. The van der Waals surface area contributed by atoms with Gasteiger partial charge in [0.1, 0.15) is 11.6 Å². The summed E-state index contributed by atoms with van der Waals surface area (Å²) in [6.07, 6.45) is -5.90. The first kappa shape index (κ1) is 18.7. The molecule has 9 heteroatoms. The maximum absolute atomic E-state index is 14.0. The summed E-state index contributed by atoms with van der Waals surface area (Å²) in [5.41, 5.74) is 0.206. The van der Waals surface area contributed by atoms with Crippen LogP contribution in [-0.4, -0.2) is 24.1 Å². The number of benzene rings is 2. The Hall–Kier alpha value is -3.10. The smallest absolute Gasteiger partial charge is 0.471 e. The summed E-state index contributed by atoms with van der Waals surface area (Å²) < 4.78 is 56.8. The minimum atomic E-state index is -5.05. The van der Waals surface area contributed by atoms with E-state index < -0.39 is 29.9 Å². The van der Waals surface area contributed by atoms with Gasteiger partial charge in [-0.05, 0) is 31.2 Å². The molecular formula is C18H14F4N2O3. The van der Waals surface area contributed by atoms with Crippen LogP contribution in [0.5, 0.6) is 5.75 Å². The molecule has 142 valence electrons. The molecular weight excluding hydrogens is 368 g/mol. The number of rotatable bonds is 3. The maximum atomic E-state index is 14.0. The van der Waals surface area contributed by atoms with Gasteiger partial charge < -0.3 is 15.0 Å². The molecule has 1 aliphatic heterocycles. The molecule has 2 amide bonds. The number of hydrogen-bond acceptors (Lipinski definition) is 3. The second kappa shape index (κ2) is 6.90. The summed E-state index contributed by atoms with van der Waals surface area (Å²) in [4.78, 5) is 24.9. The first-order valence-corrected chi connectivity index (χ1v) is 7.90. The van der Waals surface area contributed by atoms with Crippen molar-refractivity contribution in [1.82, 2.24) is 0 Å². The number of hydrogen-bond donors (Lipinski definition) is 1. The number of amides is 2. The van der Waals surface area contributed by atoms with Gasteiger partial charge in [0.2, 0.25) is 0 Å². The molecule has 1 heterocycles. The third-order valence-electron chi connectivity index (χ3n) is 3.97. The van der Waals surface area contributed by atoms with Crippen LogP contribution in [-0.2, 0) is 16.1 Å². The number of carbonyl (C=O) groups excluding carboxylic acids is 2. The average molecular weight is 382 g/mol. The van der Waals surface area contributed by atoms with E-state index in [1.807, 2.05) is 0 Å². The van der Waals surface area contributed by atoms with Crippen molar-refractivity contribution in [2.24, 2.45) is 0 Å². The zero-order chi connectivity index (χ0) is 19.8. The zero-order valence-electron chi connectivity index (χ0n) is 14.0. The number of alkyl halides is 3. The summed E-state index contributed by atoms with van der Waals surface area (Å²) in [6.45, 7) is 1.38. The van der Waals surface area contributed by atoms with Gasteiger partial charge in [0.15, 0.2) is 6.10 Å². The predicted molar refractivity (Wildman–Crippen MR) is 88.8 cm³/mol. The van der Waals surface area contributed by atoms with Crippen molar-refractivity contribution in [3.05, 3.63) is 53.8 Å². The molecule has 2 aromatic rings. The largest absolute Gasteiger partial charge is 0.479 e. The molecule has 0 bridgehead atoms. The SMILES string of the molecule is CC1Oc2ccc(NC(=O)C(F)(F)F)cc2N(Cc2ccccc2F)C1=O. The van der Waals surface area contributed by atoms with E-state index in [-0.39, 0.29) is 29.2 Å². The zero-order valence-corrected chi connectivity index (χ0v) is 14.0. The number of anilines is 2. The van der Waals surface area contributed by atoms with Crippen molar-refractivity contribution in [2.45, 2.75) is 25.7 Å². The fraction of sp³-hybridized carbons (Fsp3) is 0.222. The van der Waals surface area contributed by atoms with E-state index in [1.54, 1.807) is 11.4 Å². The third kappa shape index (κ3) is 3.86. The van der Waals surface area contributed by atoms with Crippen molar-refractivity contribution in [1.29, 1.82) is 0 Å². The van der Waals surface area contributed by atoms with Crippen LogP contribution in [0.3, 0.4) is 0 Å². The molecule has 1 aliphatic rings. The van der Waals surface area contributed by atoms with E-state index in [0.29, 0.717) is 0 Å². The molecule has 3 rings (SSSR count). The van der Waals surface area contributed by atoms with Crippen LogP contribution in [0, 0.1) is 5.82 Å². The summed E-state index contributed by atoms with van der Waals surface area (Å²) in [7, 11) is 0. The van der Waals surface area contributed by atoms with Crippen LogP contribution < -0.4 is 15.0 Å². The normalized spacial score (nSPS) is 16.6. The van der Waals surface area contributed by atoms with Gasteiger partial charge in [-0.1, -0.05) is 18.2 Å². The van der Waals surface area contributed by atoms with Crippen molar-refractivity contribution < 1.29 is 31.9 Å². The highest BCUT2D eigenvalue weighted by molar-refractivity contribution is 6.01. The summed E-state index contributed by atoms with van der Waals surface area (Å²) >= 11 is 0. The van der Waals surface area contributed by atoms with Crippen molar-refractivity contribution in [3.63, 3.8) is 0 Å². The van der Waals surface area contributed by atoms with E-state index in [1.165, 1.54) is 48.2 Å². The number of halogens is 4. The Morgan fingerprint density at radius 3 is 2.59 bits per heavy atom. The molecule has 0 saturated carbocycles. The second-order valence-electron chi connectivity index (χ2n) is 5.91. The molecule has 1 unspecified atom stereocenters. The molecule has 2 aromatic carbocycles. The molecule has 5 nitrogen and oxygen atoms in total. The Morgan fingerprint density at radius 2 is 1.93 bits per heavy atom. The molecule has 0 radical (unpaired) electrons. The van der Waals surface area contributed by atoms with Crippen LogP contribution in [0.15, 0.2) is 42.5 Å². The van der Waals surface area contributed by atoms with Gasteiger partial charge in [-0.3, -0.25) is 9.59 Å². The van der Waals surface area contributed by atoms with E-state index in [0.717, 1.165) is 0 Å². The predicted octanol–water partition coefficient (Wildman–Crippen LogP) is 3.64. The Morgan fingerprint density at radius 1 is 1.22 bits per heavy atom. The molecule has 1 N–H and O–H groups in total. The van der Waals surface area contributed by atoms with E-state index in [4.69, 9.17) is 4.74 Å². The molecule has 0 fully saturated rings. The minimum Gasteiger partial charge on any atom is -0.479 e.